The molecule has 0 fully saturated rings. The molecule has 1 aromatic rings. The van der Waals surface area contributed by atoms with Crippen molar-refractivity contribution in [2.75, 3.05) is 0 Å². The first-order valence-corrected chi connectivity index (χ1v) is 5.05. The fourth-order valence-electron chi connectivity index (χ4n) is 1.15. The molecule has 0 aliphatic carbocycles. The van der Waals surface area contributed by atoms with Gasteiger partial charge in [-0.05, 0) is 12.8 Å². The molecule has 5 heteroatoms. The number of aromatic nitrogens is 3. The topological polar surface area (TPSA) is 56.7 Å². The molecule has 0 atom stereocenters. The number of aryl methyl sites for hydroxylation is 1. The molecule has 1 rings (SSSR count). The summed E-state index contributed by atoms with van der Waals surface area (Å²) in [5, 5.41) is 4.02. The molecule has 0 saturated carbocycles. The van der Waals surface area contributed by atoms with E-state index in [9.17, 15) is 0 Å². The van der Waals surface area contributed by atoms with Crippen LogP contribution in [-0.4, -0.2) is 19.8 Å². The van der Waals surface area contributed by atoms with Crippen molar-refractivity contribution in [2.45, 2.75) is 33.2 Å². The lowest BCUT2D eigenvalue weighted by atomic mass is 9.88. The number of hydrogen-bond acceptors (Lipinski definition) is 3. The van der Waals surface area contributed by atoms with Gasteiger partial charge < -0.3 is 5.73 Å². The molecule has 78 valence electrons. The van der Waals surface area contributed by atoms with Gasteiger partial charge in [0.15, 0.2) is 0 Å². The molecule has 0 amide bonds. The van der Waals surface area contributed by atoms with Crippen LogP contribution in [0.25, 0.3) is 0 Å². The maximum absolute atomic E-state index is 5.63. The second-order valence-corrected chi connectivity index (χ2v) is 4.45. The third kappa shape index (κ3) is 3.06. The number of nitrogens with two attached hydrogens (primary N) is 1. The normalized spacial score (nSPS) is 11.6. The van der Waals surface area contributed by atoms with Crippen LogP contribution in [0.1, 0.15) is 26.7 Å². The molecule has 0 saturated heterocycles. The number of nitrogens with zero attached hydrogens (tertiary/aromatic N) is 3. The Kier molecular flexibility index (Phi) is 3.57. The van der Waals surface area contributed by atoms with E-state index >= 15 is 0 Å². The second-order valence-electron chi connectivity index (χ2n) is 4.01. The third-order valence-electron chi connectivity index (χ3n) is 2.32. The third-order valence-corrected chi connectivity index (χ3v) is 2.88. The first-order valence-electron chi connectivity index (χ1n) is 4.65. The fourth-order valence-corrected chi connectivity index (χ4v) is 1.26. The minimum Gasteiger partial charge on any atom is -0.393 e. The Morgan fingerprint density at radius 1 is 1.57 bits per heavy atom. The van der Waals surface area contributed by atoms with Crippen LogP contribution in [0.15, 0.2) is 12.7 Å². The van der Waals surface area contributed by atoms with Crippen LogP contribution in [0.2, 0.25) is 0 Å². The Hall–Kier alpha value is -0.970. The van der Waals surface area contributed by atoms with E-state index in [1.807, 2.05) is 4.68 Å². The van der Waals surface area contributed by atoms with Crippen LogP contribution in [0.3, 0.4) is 0 Å². The van der Waals surface area contributed by atoms with E-state index in [4.69, 9.17) is 18.0 Å². The summed E-state index contributed by atoms with van der Waals surface area (Å²) in [7, 11) is 0. The summed E-state index contributed by atoms with van der Waals surface area (Å²) in [6.07, 6.45) is 5.24. The van der Waals surface area contributed by atoms with E-state index in [-0.39, 0.29) is 5.41 Å². The fraction of sp³-hybridized carbons (Fsp3) is 0.667. The van der Waals surface area contributed by atoms with Gasteiger partial charge in [-0.3, -0.25) is 4.68 Å². The lowest BCUT2D eigenvalue weighted by Crippen LogP contribution is -2.29. The molecule has 4 nitrogen and oxygen atoms in total. The highest BCUT2D eigenvalue weighted by atomic mass is 32.1. The molecule has 0 radical (unpaired) electrons. The molecule has 0 aliphatic heterocycles. The summed E-state index contributed by atoms with van der Waals surface area (Å²) in [6.45, 7) is 5.00. The molecule has 0 spiro atoms. The van der Waals surface area contributed by atoms with Crippen LogP contribution < -0.4 is 5.73 Å². The van der Waals surface area contributed by atoms with Gasteiger partial charge in [-0.25, -0.2) is 4.98 Å². The highest BCUT2D eigenvalue weighted by Gasteiger charge is 2.20. The van der Waals surface area contributed by atoms with E-state index < -0.39 is 0 Å². The van der Waals surface area contributed by atoms with Crippen LogP contribution in [0.5, 0.6) is 0 Å². The van der Waals surface area contributed by atoms with Gasteiger partial charge in [-0.1, -0.05) is 26.1 Å². The first kappa shape index (κ1) is 11.1. The number of hydrogen-bond donors (Lipinski definition) is 1. The zero-order valence-electron chi connectivity index (χ0n) is 8.60. The average Bonchev–Trinajstić information content (AvgIpc) is 2.56. The van der Waals surface area contributed by atoms with E-state index in [1.54, 1.807) is 12.7 Å². The maximum Gasteiger partial charge on any atom is 0.137 e. The van der Waals surface area contributed by atoms with Gasteiger partial charge in [0.25, 0.3) is 0 Å². The van der Waals surface area contributed by atoms with Gasteiger partial charge in [0.1, 0.15) is 12.7 Å². The van der Waals surface area contributed by atoms with Crippen molar-refractivity contribution in [3.63, 3.8) is 0 Å². The predicted octanol–water partition coefficient (Wildman–Crippen LogP) is 1.37. The summed E-state index contributed by atoms with van der Waals surface area (Å²) in [5.74, 6) is 0. The second kappa shape index (κ2) is 4.50. The van der Waals surface area contributed by atoms with Gasteiger partial charge in [-0.2, -0.15) is 5.10 Å². The average molecular weight is 212 g/mol. The monoisotopic (exact) mass is 212 g/mol. The van der Waals surface area contributed by atoms with Crippen molar-refractivity contribution in [1.29, 1.82) is 0 Å². The SMILES string of the molecule is CC(C)(CCCn1cncn1)C(N)=S. The molecule has 14 heavy (non-hydrogen) atoms. The summed E-state index contributed by atoms with van der Waals surface area (Å²) in [6, 6.07) is 0. The van der Waals surface area contributed by atoms with Crippen molar-refractivity contribution >= 4 is 17.2 Å². The minimum atomic E-state index is -0.0596. The van der Waals surface area contributed by atoms with E-state index in [0.29, 0.717) is 4.99 Å². The van der Waals surface area contributed by atoms with E-state index in [0.717, 1.165) is 19.4 Å². The zero-order valence-corrected chi connectivity index (χ0v) is 9.42. The lowest BCUT2D eigenvalue weighted by Gasteiger charge is -2.22. The highest BCUT2D eigenvalue weighted by Crippen LogP contribution is 2.22. The van der Waals surface area contributed by atoms with Gasteiger partial charge in [0.2, 0.25) is 0 Å². The minimum absolute atomic E-state index is 0.0596. The Labute approximate surface area is 89.5 Å². The Morgan fingerprint density at radius 3 is 2.79 bits per heavy atom. The summed E-state index contributed by atoms with van der Waals surface area (Å²) in [4.78, 5) is 4.45. The molecule has 0 aliphatic rings. The predicted molar refractivity (Wildman–Crippen MR) is 59.8 cm³/mol. The summed E-state index contributed by atoms with van der Waals surface area (Å²) in [5.41, 5.74) is 5.57. The van der Waals surface area contributed by atoms with Gasteiger partial charge in [0, 0.05) is 12.0 Å². The summed E-state index contributed by atoms with van der Waals surface area (Å²) >= 11 is 4.99. The van der Waals surface area contributed by atoms with Crippen LogP contribution in [0.4, 0.5) is 0 Å². The molecule has 1 aromatic heterocycles. The number of thiocarbonyl (C=S) groups is 1. The molecule has 0 unspecified atom stereocenters. The highest BCUT2D eigenvalue weighted by molar-refractivity contribution is 7.80. The Bertz CT molecular complexity index is 292. The van der Waals surface area contributed by atoms with E-state index in [1.165, 1.54) is 0 Å². The van der Waals surface area contributed by atoms with Crippen LogP contribution in [0, 0.1) is 5.41 Å². The molecular formula is C9H16N4S. The Morgan fingerprint density at radius 2 is 2.29 bits per heavy atom. The van der Waals surface area contributed by atoms with Crippen molar-refractivity contribution in [2.24, 2.45) is 11.1 Å². The molecule has 0 aromatic carbocycles. The van der Waals surface area contributed by atoms with Gasteiger partial charge in [-0.15, -0.1) is 0 Å². The lowest BCUT2D eigenvalue weighted by molar-refractivity contribution is 0.425. The molecule has 1 heterocycles. The van der Waals surface area contributed by atoms with Crippen molar-refractivity contribution in [3.8, 4) is 0 Å². The smallest absolute Gasteiger partial charge is 0.137 e. The van der Waals surface area contributed by atoms with Gasteiger partial charge in [0.05, 0.1) is 4.99 Å². The standard InChI is InChI=1S/C9H16N4S/c1-9(2,8(10)14)4-3-5-13-7-11-6-12-13/h6-7H,3-5H2,1-2H3,(H2,10,14). The first-order chi connectivity index (χ1) is 6.52. The van der Waals surface area contributed by atoms with E-state index in [2.05, 4.69) is 23.9 Å². The quantitative estimate of drug-likeness (QED) is 0.749. The molecule has 2 N–H and O–H groups in total. The summed E-state index contributed by atoms with van der Waals surface area (Å²) < 4.78 is 1.82. The van der Waals surface area contributed by atoms with Crippen molar-refractivity contribution in [3.05, 3.63) is 12.7 Å². The number of rotatable bonds is 5. The maximum atomic E-state index is 5.63. The van der Waals surface area contributed by atoms with Crippen molar-refractivity contribution in [1.82, 2.24) is 14.8 Å². The Balaban J connectivity index is 2.31. The van der Waals surface area contributed by atoms with Gasteiger partial charge >= 0.3 is 0 Å². The zero-order chi connectivity index (χ0) is 10.6. The van der Waals surface area contributed by atoms with Crippen LogP contribution >= 0.6 is 12.2 Å². The molecular weight excluding hydrogens is 196 g/mol. The van der Waals surface area contributed by atoms with Crippen molar-refractivity contribution < 1.29 is 0 Å². The molecule has 0 bridgehead atoms. The largest absolute Gasteiger partial charge is 0.393 e. The van der Waals surface area contributed by atoms with Crippen LogP contribution in [-0.2, 0) is 6.54 Å².